The minimum Gasteiger partial charge on any atom is -0.452 e. The SMILES string of the molecule is Cc1cc(C)c(C(=O)OCC(=O)N[C@H](C)c2ccc(F)cc2)c(C)c1. The lowest BCUT2D eigenvalue weighted by atomic mass is 10.00. The van der Waals surface area contributed by atoms with Crippen LogP contribution < -0.4 is 5.32 Å². The van der Waals surface area contributed by atoms with Crippen LogP contribution in [0.25, 0.3) is 0 Å². The molecule has 1 atom stereocenters. The lowest BCUT2D eigenvalue weighted by Gasteiger charge is -2.15. The van der Waals surface area contributed by atoms with E-state index in [1.54, 1.807) is 19.1 Å². The number of carbonyl (C=O) groups excluding carboxylic acids is 2. The monoisotopic (exact) mass is 343 g/mol. The van der Waals surface area contributed by atoms with Crippen LogP contribution >= 0.6 is 0 Å². The van der Waals surface area contributed by atoms with Gasteiger partial charge in [0.2, 0.25) is 0 Å². The van der Waals surface area contributed by atoms with Crippen LogP contribution in [0.15, 0.2) is 36.4 Å². The Morgan fingerprint density at radius 1 is 1.08 bits per heavy atom. The van der Waals surface area contributed by atoms with E-state index in [1.807, 2.05) is 32.9 Å². The van der Waals surface area contributed by atoms with Crippen molar-refractivity contribution >= 4 is 11.9 Å². The van der Waals surface area contributed by atoms with Crippen LogP contribution in [0.2, 0.25) is 0 Å². The van der Waals surface area contributed by atoms with Crippen molar-refractivity contribution in [3.63, 3.8) is 0 Å². The first-order chi connectivity index (χ1) is 11.8. The molecular formula is C20H22FNO3. The minimum absolute atomic E-state index is 0.311. The van der Waals surface area contributed by atoms with Crippen molar-refractivity contribution in [2.45, 2.75) is 33.7 Å². The zero-order chi connectivity index (χ0) is 18.6. The number of amides is 1. The molecule has 0 heterocycles. The number of nitrogens with one attached hydrogen (secondary N) is 1. The summed E-state index contributed by atoms with van der Waals surface area (Å²) in [7, 11) is 0. The topological polar surface area (TPSA) is 55.4 Å². The molecule has 0 aliphatic rings. The normalized spacial score (nSPS) is 11.7. The van der Waals surface area contributed by atoms with E-state index < -0.39 is 11.9 Å². The number of esters is 1. The van der Waals surface area contributed by atoms with Gasteiger partial charge in [-0.1, -0.05) is 29.8 Å². The maximum Gasteiger partial charge on any atom is 0.339 e. The minimum atomic E-state index is -0.514. The van der Waals surface area contributed by atoms with Gasteiger partial charge in [0.1, 0.15) is 5.82 Å². The average molecular weight is 343 g/mol. The first-order valence-corrected chi connectivity index (χ1v) is 8.07. The first-order valence-electron chi connectivity index (χ1n) is 8.07. The maximum absolute atomic E-state index is 12.9. The van der Waals surface area contributed by atoms with Crippen LogP contribution in [-0.4, -0.2) is 18.5 Å². The molecule has 0 saturated carbocycles. The van der Waals surface area contributed by atoms with Gasteiger partial charge in [0.25, 0.3) is 5.91 Å². The second-order valence-electron chi connectivity index (χ2n) is 6.19. The fourth-order valence-electron chi connectivity index (χ4n) is 2.82. The molecule has 0 unspecified atom stereocenters. The van der Waals surface area contributed by atoms with Gasteiger partial charge in [0.15, 0.2) is 6.61 Å². The summed E-state index contributed by atoms with van der Waals surface area (Å²) in [5.41, 5.74) is 3.97. The zero-order valence-corrected chi connectivity index (χ0v) is 14.9. The largest absolute Gasteiger partial charge is 0.452 e. The van der Waals surface area contributed by atoms with E-state index in [9.17, 15) is 14.0 Å². The molecule has 2 aromatic carbocycles. The summed E-state index contributed by atoms with van der Waals surface area (Å²) in [5, 5.41) is 2.72. The van der Waals surface area contributed by atoms with E-state index >= 15 is 0 Å². The average Bonchev–Trinajstić information content (AvgIpc) is 2.52. The molecule has 4 nitrogen and oxygen atoms in total. The standard InChI is InChI=1S/C20H22FNO3/c1-12-9-13(2)19(14(3)10-12)20(24)25-11-18(23)22-15(4)16-5-7-17(21)8-6-16/h5-10,15H,11H2,1-4H3,(H,22,23)/t15-/m1/s1. The van der Waals surface area contributed by atoms with Crippen molar-refractivity contribution in [3.05, 3.63) is 70.0 Å². The highest BCUT2D eigenvalue weighted by Crippen LogP contribution is 2.17. The summed E-state index contributed by atoms with van der Waals surface area (Å²) in [6.07, 6.45) is 0. The molecule has 1 N–H and O–H groups in total. The Morgan fingerprint density at radius 3 is 2.20 bits per heavy atom. The van der Waals surface area contributed by atoms with Crippen LogP contribution in [0.5, 0.6) is 0 Å². The maximum atomic E-state index is 12.9. The molecule has 0 saturated heterocycles. The number of halogens is 1. The number of benzene rings is 2. The summed E-state index contributed by atoms with van der Waals surface area (Å²) in [4.78, 5) is 24.2. The number of carbonyl (C=O) groups is 2. The molecule has 0 aliphatic heterocycles. The van der Waals surface area contributed by atoms with Crippen molar-refractivity contribution in [2.75, 3.05) is 6.61 Å². The summed E-state index contributed by atoms with van der Waals surface area (Å²) < 4.78 is 18.1. The van der Waals surface area contributed by atoms with Gasteiger partial charge in [-0.25, -0.2) is 9.18 Å². The molecule has 0 aromatic heterocycles. The molecule has 0 spiro atoms. The highest BCUT2D eigenvalue weighted by molar-refractivity contribution is 5.94. The molecule has 132 valence electrons. The summed E-state index contributed by atoms with van der Waals surface area (Å²) in [6, 6.07) is 9.37. The molecular weight excluding hydrogens is 321 g/mol. The Balaban J connectivity index is 1.93. The smallest absolute Gasteiger partial charge is 0.339 e. The predicted molar refractivity (Wildman–Crippen MR) is 93.9 cm³/mol. The molecule has 5 heteroatoms. The third-order valence-corrected chi connectivity index (χ3v) is 3.96. The molecule has 0 bridgehead atoms. The van der Waals surface area contributed by atoms with Gasteiger partial charge in [-0.05, 0) is 56.5 Å². The summed E-state index contributed by atoms with van der Waals surface area (Å²) >= 11 is 0. The second kappa shape index (κ2) is 7.92. The van der Waals surface area contributed by atoms with Crippen LogP contribution in [0.3, 0.4) is 0 Å². The van der Waals surface area contributed by atoms with Gasteiger partial charge < -0.3 is 10.1 Å². The van der Waals surface area contributed by atoms with Crippen molar-refractivity contribution < 1.29 is 18.7 Å². The Bertz CT molecular complexity index is 761. The Kier molecular flexibility index (Phi) is 5.91. The highest BCUT2D eigenvalue weighted by Gasteiger charge is 2.17. The number of rotatable bonds is 5. The van der Waals surface area contributed by atoms with Gasteiger partial charge >= 0.3 is 5.97 Å². The fourth-order valence-corrected chi connectivity index (χ4v) is 2.82. The van der Waals surface area contributed by atoms with Gasteiger partial charge in [-0.2, -0.15) is 0 Å². The summed E-state index contributed by atoms with van der Waals surface area (Å²) in [5.74, 6) is -1.26. The number of aryl methyl sites for hydroxylation is 3. The van der Waals surface area contributed by atoms with Gasteiger partial charge in [0, 0.05) is 0 Å². The van der Waals surface area contributed by atoms with E-state index in [-0.39, 0.29) is 18.5 Å². The molecule has 2 aromatic rings. The first kappa shape index (κ1) is 18.6. The third-order valence-electron chi connectivity index (χ3n) is 3.96. The molecule has 25 heavy (non-hydrogen) atoms. The van der Waals surface area contributed by atoms with E-state index in [2.05, 4.69) is 5.32 Å². The highest BCUT2D eigenvalue weighted by atomic mass is 19.1. The van der Waals surface area contributed by atoms with Crippen LogP contribution in [0.4, 0.5) is 4.39 Å². The third kappa shape index (κ3) is 4.89. The van der Waals surface area contributed by atoms with E-state index in [0.29, 0.717) is 5.56 Å². The van der Waals surface area contributed by atoms with Crippen LogP contribution in [-0.2, 0) is 9.53 Å². The van der Waals surface area contributed by atoms with Gasteiger partial charge in [-0.15, -0.1) is 0 Å². The lowest BCUT2D eigenvalue weighted by molar-refractivity contribution is -0.124. The summed E-state index contributed by atoms with van der Waals surface area (Å²) in [6.45, 7) is 7.05. The van der Waals surface area contributed by atoms with E-state index in [1.165, 1.54) is 12.1 Å². The van der Waals surface area contributed by atoms with Crippen LogP contribution in [0, 0.1) is 26.6 Å². The molecule has 2 rings (SSSR count). The van der Waals surface area contributed by atoms with Crippen LogP contribution in [0.1, 0.15) is 45.6 Å². The van der Waals surface area contributed by atoms with Crippen molar-refractivity contribution in [1.82, 2.24) is 5.32 Å². The van der Waals surface area contributed by atoms with Crippen molar-refractivity contribution in [3.8, 4) is 0 Å². The van der Waals surface area contributed by atoms with Gasteiger partial charge in [0.05, 0.1) is 11.6 Å². The Labute approximate surface area is 147 Å². The zero-order valence-electron chi connectivity index (χ0n) is 14.9. The second-order valence-corrected chi connectivity index (χ2v) is 6.19. The van der Waals surface area contributed by atoms with Crippen molar-refractivity contribution in [1.29, 1.82) is 0 Å². The number of hydrogen-bond acceptors (Lipinski definition) is 3. The van der Waals surface area contributed by atoms with Crippen molar-refractivity contribution in [2.24, 2.45) is 0 Å². The number of hydrogen-bond donors (Lipinski definition) is 1. The lowest BCUT2D eigenvalue weighted by Crippen LogP contribution is -2.31. The van der Waals surface area contributed by atoms with E-state index in [4.69, 9.17) is 4.74 Å². The molecule has 0 fully saturated rings. The molecule has 0 aliphatic carbocycles. The predicted octanol–water partition coefficient (Wildman–Crippen LogP) is 3.79. The van der Waals surface area contributed by atoms with E-state index in [0.717, 1.165) is 22.3 Å². The number of ether oxygens (including phenoxy) is 1. The fraction of sp³-hybridized carbons (Fsp3) is 0.300. The Hall–Kier alpha value is -2.69. The molecule has 0 radical (unpaired) electrons. The quantitative estimate of drug-likeness (QED) is 0.841. The van der Waals surface area contributed by atoms with Gasteiger partial charge in [-0.3, -0.25) is 4.79 Å². The molecule has 1 amide bonds. The Morgan fingerprint density at radius 2 is 1.64 bits per heavy atom.